The number of methoxy groups -OCH3 is 1. The van der Waals surface area contributed by atoms with Crippen LogP contribution in [-0.2, 0) is 35.0 Å². The number of morpholine rings is 1. The van der Waals surface area contributed by atoms with E-state index in [-0.39, 0.29) is 58.4 Å². The lowest BCUT2D eigenvalue weighted by Crippen LogP contribution is -2.82. The van der Waals surface area contributed by atoms with Gasteiger partial charge in [-0.15, -0.1) is 0 Å². The molecule has 73 heavy (non-hydrogen) atoms. The second-order valence-corrected chi connectivity index (χ2v) is 21.8. The Morgan fingerprint density at radius 3 is 2.25 bits per heavy atom. The molecule has 0 aromatic heterocycles. The highest BCUT2D eigenvalue weighted by molar-refractivity contribution is 6.11. The van der Waals surface area contributed by atoms with Gasteiger partial charge >= 0.3 is 11.9 Å². The van der Waals surface area contributed by atoms with Crippen molar-refractivity contribution < 1.29 is 77.5 Å². The molecule has 5 heterocycles. The van der Waals surface area contributed by atoms with Crippen molar-refractivity contribution in [2.45, 2.75) is 147 Å². The fourth-order valence-electron chi connectivity index (χ4n) is 12.5. The molecule has 7 unspecified atom stereocenters. The number of ketones is 2. The van der Waals surface area contributed by atoms with E-state index in [0.29, 0.717) is 62.4 Å². The first-order chi connectivity index (χ1) is 34.6. The van der Waals surface area contributed by atoms with Crippen molar-refractivity contribution in [3.05, 3.63) is 87.5 Å². The van der Waals surface area contributed by atoms with Gasteiger partial charge in [-0.25, -0.2) is 9.59 Å². The average Bonchev–Trinajstić information content (AvgIpc) is 3.50. The summed E-state index contributed by atoms with van der Waals surface area (Å²) >= 11 is 0. The largest absolute Gasteiger partial charge is 0.482 e. The molecule has 2 aromatic rings. The standard InChI is InChI=1S/C56H69NO16/c1-29(2)11-10-20-54(8)21-19-35-46(71-54)34(17-12-30(3)4)48-39(47(35)70-51(65)32-13-15-33(16-14-32)68-52-45(62)44(61)42(59)37(28-58)69-52)43(60)40-41(57-23-25-67-26-24-57)36-27-38-53(6,7)73-55(49(36)63,56(38,40)72-48)22-18-31(5)50(64)66-9/h11-16,18-19,21,36-38,40-42,44-45,52,58-59,61-62H,10,17,20,22-28H2,1-9H3/t36?,37-,38?,40?,41?,42-,44-,45-,52-,54?,55?,56?/m1/s1. The third kappa shape index (κ3) is 8.86. The zero-order valence-electron chi connectivity index (χ0n) is 43.1. The molecule has 0 radical (unpaired) electrons. The molecule has 3 saturated carbocycles. The third-order valence-corrected chi connectivity index (χ3v) is 16.1. The highest BCUT2D eigenvalue weighted by Crippen LogP contribution is 2.71. The highest BCUT2D eigenvalue weighted by Gasteiger charge is 2.86. The lowest BCUT2D eigenvalue weighted by molar-refractivity contribution is -0.277. The van der Waals surface area contributed by atoms with Gasteiger partial charge in [0.15, 0.2) is 28.5 Å². The summed E-state index contributed by atoms with van der Waals surface area (Å²) in [5.41, 5.74) is -1.80. The molecule has 10 rings (SSSR count). The van der Waals surface area contributed by atoms with Crippen molar-refractivity contribution >= 4 is 29.6 Å². The van der Waals surface area contributed by atoms with Crippen LogP contribution in [0.1, 0.15) is 113 Å². The average molecular weight is 1010 g/mol. The number of hydrogen-bond donors (Lipinski definition) is 4. The Hall–Kier alpha value is -5.24. The van der Waals surface area contributed by atoms with E-state index in [1.165, 1.54) is 31.4 Å². The molecule has 1 spiro atoms. The minimum Gasteiger partial charge on any atom is -0.482 e. The minimum absolute atomic E-state index is 0.0377. The minimum atomic E-state index is -1.74. The Morgan fingerprint density at radius 1 is 0.890 bits per heavy atom. The first-order valence-electron chi connectivity index (χ1n) is 25.3. The molecule has 17 nitrogen and oxygen atoms in total. The van der Waals surface area contributed by atoms with Crippen LogP contribution in [0.15, 0.2) is 65.3 Å². The van der Waals surface area contributed by atoms with Crippen LogP contribution in [0, 0.1) is 17.8 Å². The third-order valence-electron chi connectivity index (χ3n) is 16.1. The zero-order valence-corrected chi connectivity index (χ0v) is 43.1. The van der Waals surface area contributed by atoms with E-state index in [2.05, 4.69) is 11.0 Å². The van der Waals surface area contributed by atoms with Gasteiger partial charge in [-0.1, -0.05) is 29.4 Å². The van der Waals surface area contributed by atoms with Gasteiger partial charge in [-0.2, -0.15) is 0 Å². The van der Waals surface area contributed by atoms with Crippen LogP contribution in [-0.4, -0.2) is 148 Å². The number of benzene rings is 2. The molecular formula is C56H69NO16. The maximum absolute atomic E-state index is 16.6. The number of hydrogen-bond acceptors (Lipinski definition) is 17. The molecule has 2 aromatic carbocycles. The Bertz CT molecular complexity index is 2650. The monoisotopic (exact) mass is 1010 g/mol. The normalized spacial score (nSPS) is 33.9. The van der Waals surface area contributed by atoms with E-state index in [4.69, 9.17) is 37.9 Å². The Kier molecular flexibility index (Phi) is 14.3. The topological polar surface area (TPSA) is 226 Å². The highest BCUT2D eigenvalue weighted by atomic mass is 16.7. The number of allylic oxidation sites excluding steroid dienone is 4. The summed E-state index contributed by atoms with van der Waals surface area (Å²) in [4.78, 5) is 62.0. The Balaban J connectivity index is 1.22. The number of aliphatic hydroxyl groups excluding tert-OH is 4. The molecule has 3 aliphatic carbocycles. The van der Waals surface area contributed by atoms with Gasteiger partial charge in [-0.3, -0.25) is 14.5 Å². The summed E-state index contributed by atoms with van der Waals surface area (Å²) in [5.74, 6) is -3.64. The van der Waals surface area contributed by atoms with Crippen LogP contribution in [0.3, 0.4) is 0 Å². The number of Topliss-reactive ketones (excluding diaryl/α,β-unsaturated/α-hetero) is 2. The van der Waals surface area contributed by atoms with Crippen LogP contribution < -0.4 is 18.9 Å². The number of fused-ring (bicyclic) bond motifs is 2. The van der Waals surface area contributed by atoms with E-state index < -0.39 is 95.5 Å². The summed E-state index contributed by atoms with van der Waals surface area (Å²) in [7, 11) is 1.29. The van der Waals surface area contributed by atoms with Crippen molar-refractivity contribution in [2.75, 3.05) is 40.0 Å². The molecular weight excluding hydrogens is 943 g/mol. The molecule has 4 N–H and O–H groups in total. The fraction of sp³-hybridized carbons (Fsp3) is 0.571. The van der Waals surface area contributed by atoms with Crippen LogP contribution in [0.4, 0.5) is 0 Å². The van der Waals surface area contributed by atoms with Gasteiger partial charge in [0, 0.05) is 48.5 Å². The van der Waals surface area contributed by atoms with E-state index in [9.17, 15) is 30.0 Å². The van der Waals surface area contributed by atoms with Crippen molar-refractivity contribution in [3.8, 4) is 23.0 Å². The van der Waals surface area contributed by atoms with Crippen molar-refractivity contribution in [1.82, 2.24) is 4.90 Å². The van der Waals surface area contributed by atoms with Gasteiger partial charge in [-0.05, 0) is 117 Å². The number of esters is 2. The quantitative estimate of drug-likeness (QED) is 0.0803. The second kappa shape index (κ2) is 19.8. The molecule has 12 atom stereocenters. The number of ether oxygens (including phenoxy) is 8. The van der Waals surface area contributed by atoms with Gasteiger partial charge in [0.1, 0.15) is 52.8 Å². The summed E-state index contributed by atoms with van der Waals surface area (Å²) in [6.07, 6.45) is 3.84. The number of carbonyl (C=O) groups excluding carboxylic acids is 4. The lowest BCUT2D eigenvalue weighted by Gasteiger charge is -2.64. The number of aliphatic hydroxyl groups is 4. The predicted octanol–water partition coefficient (Wildman–Crippen LogP) is 5.41. The molecule has 8 aliphatic rings. The molecule has 5 aliphatic heterocycles. The van der Waals surface area contributed by atoms with E-state index in [1.54, 1.807) is 13.0 Å². The zero-order chi connectivity index (χ0) is 52.5. The molecule has 6 fully saturated rings. The number of carbonyl (C=O) groups is 4. The summed E-state index contributed by atoms with van der Waals surface area (Å²) in [6.45, 7) is 16.5. The van der Waals surface area contributed by atoms with Crippen molar-refractivity contribution in [1.29, 1.82) is 0 Å². The molecule has 3 saturated heterocycles. The predicted molar refractivity (Wildman–Crippen MR) is 264 cm³/mol. The molecule has 0 amide bonds. The molecule has 4 bridgehead atoms. The van der Waals surface area contributed by atoms with Crippen LogP contribution in [0.2, 0.25) is 0 Å². The molecule has 394 valence electrons. The van der Waals surface area contributed by atoms with Crippen LogP contribution >= 0.6 is 0 Å². The van der Waals surface area contributed by atoms with Gasteiger partial charge in [0.25, 0.3) is 0 Å². The van der Waals surface area contributed by atoms with Gasteiger partial charge < -0.3 is 58.3 Å². The van der Waals surface area contributed by atoms with E-state index in [0.717, 1.165) is 11.1 Å². The Morgan fingerprint density at radius 2 is 1.59 bits per heavy atom. The van der Waals surface area contributed by atoms with Crippen molar-refractivity contribution in [3.63, 3.8) is 0 Å². The first kappa shape index (κ1) is 52.6. The number of rotatable bonds is 14. The van der Waals surface area contributed by atoms with Crippen molar-refractivity contribution in [2.24, 2.45) is 17.8 Å². The fourth-order valence-corrected chi connectivity index (χ4v) is 12.5. The first-order valence-corrected chi connectivity index (χ1v) is 25.3. The SMILES string of the molecule is COC(=O)C(C)=CCC12OC(C)(C)C3CC(C1=O)C(N1CCOCC1)C1C(=O)c4c(OC(=O)c5ccc(O[C@@H]6O[C@H](CO)[C@@H](O)[C@@H](O)[C@H]6O)cc5)c5c(c(CC=C(C)C)c4OC132)OC(C)(CCC=C(C)C)C=C5. The maximum Gasteiger partial charge on any atom is 0.343 e. The van der Waals surface area contributed by atoms with Crippen LogP contribution in [0.25, 0.3) is 6.08 Å². The van der Waals surface area contributed by atoms with Gasteiger partial charge in [0.2, 0.25) is 6.29 Å². The summed E-state index contributed by atoms with van der Waals surface area (Å²) in [6, 6.07) is 5.07. The lowest BCUT2D eigenvalue weighted by atomic mass is 9.44. The smallest absolute Gasteiger partial charge is 0.343 e. The Labute approximate surface area is 425 Å². The molecule has 17 heteroatoms. The number of nitrogens with zero attached hydrogens (tertiary/aromatic N) is 1. The van der Waals surface area contributed by atoms with E-state index >= 15 is 9.59 Å². The summed E-state index contributed by atoms with van der Waals surface area (Å²) < 4.78 is 50.8. The summed E-state index contributed by atoms with van der Waals surface area (Å²) in [5, 5.41) is 40.9. The second-order valence-electron chi connectivity index (χ2n) is 21.8. The van der Waals surface area contributed by atoms with Gasteiger partial charge in [0.05, 0.1) is 49.6 Å². The van der Waals surface area contributed by atoms with E-state index in [1.807, 2.05) is 66.7 Å². The maximum atomic E-state index is 16.6. The van der Waals surface area contributed by atoms with Crippen LogP contribution in [0.5, 0.6) is 23.0 Å².